The lowest BCUT2D eigenvalue weighted by Gasteiger charge is -2.24. The Hall–Kier alpha value is -2.60. The number of ether oxygens (including phenoxy) is 1. The molecule has 3 rings (SSSR count). The van der Waals surface area contributed by atoms with Gasteiger partial charge in [0, 0.05) is 24.2 Å². The molecule has 1 unspecified atom stereocenters. The highest BCUT2D eigenvalue weighted by molar-refractivity contribution is 6.30. The topological polar surface area (TPSA) is 80.3 Å². The van der Waals surface area contributed by atoms with Gasteiger partial charge >= 0.3 is 0 Å². The molecule has 2 aromatic rings. The van der Waals surface area contributed by atoms with Gasteiger partial charge in [-0.15, -0.1) is 0 Å². The number of carbonyl (C=O) groups excluding carboxylic acids is 2. The Morgan fingerprint density at radius 2 is 2.20 bits per heavy atom. The Bertz CT molecular complexity index is 767. The van der Waals surface area contributed by atoms with E-state index in [1.54, 1.807) is 30.6 Å². The number of pyridine rings is 1. The third-order valence-corrected chi connectivity index (χ3v) is 4.13. The summed E-state index contributed by atoms with van der Waals surface area (Å²) in [7, 11) is 0. The molecule has 7 heteroatoms. The zero-order chi connectivity index (χ0) is 17.6. The minimum Gasteiger partial charge on any atom is -0.492 e. The van der Waals surface area contributed by atoms with Gasteiger partial charge in [-0.1, -0.05) is 11.6 Å². The van der Waals surface area contributed by atoms with Crippen LogP contribution in [0.3, 0.4) is 0 Å². The van der Waals surface area contributed by atoms with Crippen LogP contribution < -0.4 is 15.4 Å². The maximum absolute atomic E-state index is 12.3. The van der Waals surface area contributed by atoms with Gasteiger partial charge in [-0.05, 0) is 42.3 Å². The Morgan fingerprint density at radius 1 is 1.32 bits per heavy atom. The first-order valence-electron chi connectivity index (χ1n) is 8.00. The van der Waals surface area contributed by atoms with Crippen LogP contribution in [-0.2, 0) is 16.0 Å². The summed E-state index contributed by atoms with van der Waals surface area (Å²) >= 11 is 5.98. The van der Waals surface area contributed by atoms with Crippen molar-refractivity contribution >= 4 is 29.1 Å². The second-order valence-electron chi connectivity index (χ2n) is 5.80. The van der Waals surface area contributed by atoms with E-state index in [4.69, 9.17) is 16.3 Å². The second-order valence-corrected chi connectivity index (χ2v) is 6.23. The van der Waals surface area contributed by atoms with Gasteiger partial charge in [0.25, 0.3) is 0 Å². The lowest BCUT2D eigenvalue weighted by molar-refractivity contribution is -0.126. The van der Waals surface area contributed by atoms with Gasteiger partial charge in [0.05, 0.1) is 17.8 Å². The molecule has 0 fully saturated rings. The summed E-state index contributed by atoms with van der Waals surface area (Å²) < 4.78 is 5.61. The predicted octanol–water partition coefficient (Wildman–Crippen LogP) is 2.43. The van der Waals surface area contributed by atoms with E-state index in [0.29, 0.717) is 23.7 Å². The number of anilines is 1. The molecule has 2 N–H and O–H groups in total. The summed E-state index contributed by atoms with van der Waals surface area (Å²) in [5.74, 6) is 0.182. The molecule has 6 nitrogen and oxygen atoms in total. The molecule has 0 saturated heterocycles. The van der Waals surface area contributed by atoms with Gasteiger partial charge in [-0.2, -0.15) is 0 Å². The monoisotopic (exact) mass is 359 g/mol. The van der Waals surface area contributed by atoms with Crippen LogP contribution in [0.15, 0.2) is 42.7 Å². The Morgan fingerprint density at radius 3 is 3.00 bits per heavy atom. The molecule has 0 radical (unpaired) electrons. The standard InChI is InChI=1S/C18H18ClN3O3/c19-14-3-4-16-12(9-14)8-13(11-25-16)18(24)21-7-5-17(23)22-15-2-1-6-20-10-15/h1-4,6,9-10,13H,5,7-8,11H2,(H,21,24)(H,22,23). The van der Waals surface area contributed by atoms with Gasteiger partial charge in [0.15, 0.2) is 0 Å². The predicted molar refractivity (Wildman–Crippen MR) is 94.6 cm³/mol. The molecule has 2 amide bonds. The van der Waals surface area contributed by atoms with Crippen molar-refractivity contribution in [2.45, 2.75) is 12.8 Å². The molecule has 1 aromatic carbocycles. The number of nitrogens with one attached hydrogen (secondary N) is 2. The molecule has 0 spiro atoms. The van der Waals surface area contributed by atoms with E-state index >= 15 is 0 Å². The van der Waals surface area contributed by atoms with Crippen LogP contribution in [0.1, 0.15) is 12.0 Å². The number of hydrogen-bond donors (Lipinski definition) is 2. The highest BCUT2D eigenvalue weighted by Crippen LogP contribution is 2.29. The SMILES string of the molecule is O=C(CCNC(=O)C1COc2ccc(Cl)cc2C1)Nc1cccnc1. The number of rotatable bonds is 5. The van der Waals surface area contributed by atoms with Crippen LogP contribution in [0.25, 0.3) is 0 Å². The number of benzene rings is 1. The smallest absolute Gasteiger partial charge is 0.226 e. The van der Waals surface area contributed by atoms with E-state index < -0.39 is 0 Å². The fraction of sp³-hybridized carbons (Fsp3) is 0.278. The summed E-state index contributed by atoms with van der Waals surface area (Å²) in [4.78, 5) is 28.0. The molecule has 25 heavy (non-hydrogen) atoms. The first kappa shape index (κ1) is 17.2. The van der Waals surface area contributed by atoms with Crippen molar-refractivity contribution < 1.29 is 14.3 Å². The van der Waals surface area contributed by atoms with Gasteiger partial charge in [0.1, 0.15) is 12.4 Å². The fourth-order valence-electron chi connectivity index (χ4n) is 2.64. The number of fused-ring (bicyclic) bond motifs is 1. The molecular weight excluding hydrogens is 342 g/mol. The first-order valence-corrected chi connectivity index (χ1v) is 8.38. The number of nitrogens with zero attached hydrogens (tertiary/aromatic N) is 1. The van der Waals surface area contributed by atoms with Crippen molar-refractivity contribution in [3.8, 4) is 5.75 Å². The van der Waals surface area contributed by atoms with Crippen molar-refractivity contribution in [1.82, 2.24) is 10.3 Å². The molecule has 0 aliphatic carbocycles. The Kier molecular flexibility index (Phi) is 5.50. The zero-order valence-corrected chi connectivity index (χ0v) is 14.3. The fourth-order valence-corrected chi connectivity index (χ4v) is 2.83. The molecule has 0 bridgehead atoms. The van der Waals surface area contributed by atoms with Gasteiger partial charge < -0.3 is 15.4 Å². The normalized spacial score (nSPS) is 15.6. The summed E-state index contributed by atoms with van der Waals surface area (Å²) in [6.45, 7) is 0.589. The van der Waals surface area contributed by atoms with Crippen LogP contribution in [0.5, 0.6) is 5.75 Å². The van der Waals surface area contributed by atoms with Crippen molar-refractivity contribution in [2.75, 3.05) is 18.5 Å². The highest BCUT2D eigenvalue weighted by atomic mass is 35.5. The average Bonchev–Trinajstić information content (AvgIpc) is 2.61. The molecule has 1 aliphatic heterocycles. The zero-order valence-electron chi connectivity index (χ0n) is 13.5. The molecule has 0 saturated carbocycles. The first-order chi connectivity index (χ1) is 12.1. The van der Waals surface area contributed by atoms with Crippen LogP contribution in [0.2, 0.25) is 5.02 Å². The van der Waals surface area contributed by atoms with E-state index in [-0.39, 0.29) is 30.7 Å². The third kappa shape index (κ3) is 4.70. The third-order valence-electron chi connectivity index (χ3n) is 3.90. The van der Waals surface area contributed by atoms with Crippen LogP contribution in [-0.4, -0.2) is 29.9 Å². The van der Waals surface area contributed by atoms with Crippen LogP contribution >= 0.6 is 11.6 Å². The summed E-state index contributed by atoms with van der Waals surface area (Å²) in [6.07, 6.45) is 3.96. The second kappa shape index (κ2) is 7.98. The summed E-state index contributed by atoms with van der Waals surface area (Å²) in [6, 6.07) is 8.89. The van der Waals surface area contributed by atoms with Crippen LogP contribution in [0.4, 0.5) is 5.69 Å². The molecule has 1 aromatic heterocycles. The summed E-state index contributed by atoms with van der Waals surface area (Å²) in [5, 5.41) is 6.13. The van der Waals surface area contributed by atoms with Gasteiger partial charge in [0.2, 0.25) is 11.8 Å². The number of aromatic nitrogens is 1. The van der Waals surface area contributed by atoms with E-state index in [9.17, 15) is 9.59 Å². The van der Waals surface area contributed by atoms with Crippen molar-refractivity contribution in [3.05, 3.63) is 53.3 Å². The molecule has 1 aliphatic rings. The minimum absolute atomic E-state index is 0.125. The van der Waals surface area contributed by atoms with E-state index in [2.05, 4.69) is 15.6 Å². The molecule has 130 valence electrons. The van der Waals surface area contributed by atoms with Gasteiger partial charge in [-0.25, -0.2) is 0 Å². The van der Waals surface area contributed by atoms with Crippen LogP contribution in [0, 0.1) is 5.92 Å². The average molecular weight is 360 g/mol. The maximum atomic E-state index is 12.3. The number of amides is 2. The Labute approximate surface area is 150 Å². The maximum Gasteiger partial charge on any atom is 0.226 e. The minimum atomic E-state index is -0.285. The van der Waals surface area contributed by atoms with Crippen molar-refractivity contribution in [2.24, 2.45) is 5.92 Å². The van der Waals surface area contributed by atoms with E-state index in [1.165, 1.54) is 0 Å². The lowest BCUT2D eigenvalue weighted by Crippen LogP contribution is -2.38. The Balaban J connectivity index is 1.44. The highest BCUT2D eigenvalue weighted by Gasteiger charge is 2.26. The van der Waals surface area contributed by atoms with Crippen molar-refractivity contribution in [3.63, 3.8) is 0 Å². The molecule has 2 heterocycles. The largest absolute Gasteiger partial charge is 0.492 e. The number of carbonyl (C=O) groups is 2. The summed E-state index contributed by atoms with van der Waals surface area (Å²) in [5.41, 5.74) is 1.56. The van der Waals surface area contributed by atoms with Crippen molar-refractivity contribution in [1.29, 1.82) is 0 Å². The quantitative estimate of drug-likeness (QED) is 0.859. The number of halogens is 1. The van der Waals surface area contributed by atoms with Gasteiger partial charge in [-0.3, -0.25) is 14.6 Å². The molecular formula is C18H18ClN3O3. The molecule has 1 atom stereocenters. The van der Waals surface area contributed by atoms with E-state index in [0.717, 1.165) is 11.3 Å². The lowest BCUT2D eigenvalue weighted by atomic mass is 9.96. The van der Waals surface area contributed by atoms with E-state index in [1.807, 2.05) is 12.1 Å². The number of hydrogen-bond acceptors (Lipinski definition) is 4.